The summed E-state index contributed by atoms with van der Waals surface area (Å²) in [5.41, 5.74) is -0.0440. The average molecular weight is 189 g/mol. The molecule has 1 heterocycles. The summed E-state index contributed by atoms with van der Waals surface area (Å²) >= 11 is 0. The second kappa shape index (κ2) is 2.68. The molecule has 0 radical (unpaired) electrons. The van der Waals surface area contributed by atoms with Crippen molar-refractivity contribution in [2.45, 2.75) is 4.90 Å². The number of hydrogen-bond donors (Lipinski definition) is 1. The minimum absolute atomic E-state index is 0.0440. The molecule has 0 amide bonds. The molecule has 2 N–H and O–H groups in total. The fourth-order valence-electron chi connectivity index (χ4n) is 0.780. The van der Waals surface area contributed by atoms with E-state index in [2.05, 4.69) is 5.10 Å². The van der Waals surface area contributed by atoms with Gasteiger partial charge in [-0.15, -0.1) is 0 Å². The SMILES string of the molecule is Cn1ncc(S(N)(=O)=O)c1C=O. The third-order valence-corrected chi connectivity index (χ3v) is 2.30. The van der Waals surface area contributed by atoms with Crippen molar-refractivity contribution >= 4 is 16.3 Å². The van der Waals surface area contributed by atoms with Crippen LogP contribution in [0.5, 0.6) is 0 Å². The monoisotopic (exact) mass is 189 g/mol. The van der Waals surface area contributed by atoms with Gasteiger partial charge in [-0.3, -0.25) is 9.48 Å². The van der Waals surface area contributed by atoms with Crippen LogP contribution in [0.15, 0.2) is 11.1 Å². The molecule has 66 valence electrons. The molecule has 0 unspecified atom stereocenters. The zero-order valence-electron chi connectivity index (χ0n) is 6.26. The van der Waals surface area contributed by atoms with Crippen LogP contribution in [0, 0.1) is 0 Å². The standard InChI is InChI=1S/C5H7N3O3S/c1-8-4(3-9)5(2-7-8)12(6,10)11/h2-3H,1H3,(H2,6,10,11). The lowest BCUT2D eigenvalue weighted by Crippen LogP contribution is -2.14. The number of nitrogens with zero attached hydrogens (tertiary/aromatic N) is 2. The summed E-state index contributed by atoms with van der Waals surface area (Å²) in [6.45, 7) is 0. The Balaban J connectivity index is 3.45. The molecule has 0 saturated heterocycles. The zero-order chi connectivity index (χ0) is 9.35. The van der Waals surface area contributed by atoms with Crippen molar-refractivity contribution in [3.8, 4) is 0 Å². The lowest BCUT2D eigenvalue weighted by atomic mass is 10.5. The molecular weight excluding hydrogens is 182 g/mol. The summed E-state index contributed by atoms with van der Waals surface area (Å²) in [6.07, 6.45) is 1.44. The van der Waals surface area contributed by atoms with Gasteiger partial charge in [0.05, 0.1) is 6.20 Å². The van der Waals surface area contributed by atoms with E-state index in [9.17, 15) is 13.2 Å². The third kappa shape index (κ3) is 1.36. The van der Waals surface area contributed by atoms with Crippen molar-refractivity contribution in [3.05, 3.63) is 11.9 Å². The van der Waals surface area contributed by atoms with Crippen molar-refractivity contribution in [2.75, 3.05) is 0 Å². The molecule has 6 nitrogen and oxygen atoms in total. The fourth-order valence-corrected chi connectivity index (χ4v) is 1.45. The van der Waals surface area contributed by atoms with E-state index in [0.29, 0.717) is 6.29 Å². The number of sulfonamides is 1. The Kier molecular flexibility index (Phi) is 1.99. The Labute approximate surface area is 69.0 Å². The van der Waals surface area contributed by atoms with Gasteiger partial charge in [0, 0.05) is 7.05 Å². The third-order valence-electron chi connectivity index (χ3n) is 1.37. The van der Waals surface area contributed by atoms with Crippen LogP contribution in [0.1, 0.15) is 10.5 Å². The molecule has 0 aliphatic heterocycles. The lowest BCUT2D eigenvalue weighted by molar-refractivity contribution is 0.111. The van der Waals surface area contributed by atoms with Crippen LogP contribution in [-0.4, -0.2) is 24.5 Å². The number of nitrogens with two attached hydrogens (primary N) is 1. The highest BCUT2D eigenvalue weighted by molar-refractivity contribution is 7.89. The van der Waals surface area contributed by atoms with E-state index in [-0.39, 0.29) is 10.6 Å². The van der Waals surface area contributed by atoms with Gasteiger partial charge in [-0.1, -0.05) is 0 Å². The summed E-state index contributed by atoms with van der Waals surface area (Å²) in [7, 11) is -2.38. The van der Waals surface area contributed by atoms with Gasteiger partial charge >= 0.3 is 0 Å². The van der Waals surface area contributed by atoms with Crippen molar-refractivity contribution in [2.24, 2.45) is 12.2 Å². The molecule has 0 spiro atoms. The quantitative estimate of drug-likeness (QED) is 0.596. The molecule has 1 aromatic rings. The maximum Gasteiger partial charge on any atom is 0.241 e. The fraction of sp³-hybridized carbons (Fsp3) is 0.200. The van der Waals surface area contributed by atoms with Gasteiger partial charge in [-0.2, -0.15) is 5.10 Å². The van der Waals surface area contributed by atoms with Crippen LogP contribution in [0.25, 0.3) is 0 Å². The Morgan fingerprint density at radius 2 is 2.25 bits per heavy atom. The number of aromatic nitrogens is 2. The van der Waals surface area contributed by atoms with Gasteiger partial charge in [-0.05, 0) is 0 Å². The van der Waals surface area contributed by atoms with Gasteiger partial charge in [0.15, 0.2) is 6.29 Å². The topological polar surface area (TPSA) is 95.1 Å². The Hall–Kier alpha value is -1.21. The predicted molar refractivity (Wildman–Crippen MR) is 40.0 cm³/mol. The molecule has 0 aliphatic carbocycles. The molecule has 1 aromatic heterocycles. The van der Waals surface area contributed by atoms with Gasteiger partial charge in [0.2, 0.25) is 10.0 Å². The largest absolute Gasteiger partial charge is 0.296 e. The molecule has 1 rings (SSSR count). The number of hydrogen-bond acceptors (Lipinski definition) is 4. The van der Waals surface area contributed by atoms with Crippen molar-refractivity contribution < 1.29 is 13.2 Å². The van der Waals surface area contributed by atoms with Crippen LogP contribution >= 0.6 is 0 Å². The number of primary sulfonamides is 1. The Morgan fingerprint density at radius 1 is 1.67 bits per heavy atom. The maximum absolute atomic E-state index is 10.8. The molecule has 0 saturated carbocycles. The smallest absolute Gasteiger partial charge is 0.241 e. The maximum atomic E-state index is 10.8. The number of aldehydes is 1. The molecule has 7 heteroatoms. The highest BCUT2D eigenvalue weighted by atomic mass is 32.2. The first-order valence-corrected chi connectivity index (χ1v) is 4.51. The minimum Gasteiger partial charge on any atom is -0.296 e. The van der Waals surface area contributed by atoms with E-state index in [1.54, 1.807) is 0 Å². The van der Waals surface area contributed by atoms with Crippen molar-refractivity contribution in [3.63, 3.8) is 0 Å². The van der Waals surface area contributed by atoms with Crippen LogP contribution in [0.3, 0.4) is 0 Å². The molecule has 0 bridgehead atoms. The van der Waals surface area contributed by atoms with E-state index in [4.69, 9.17) is 5.14 Å². The second-order valence-corrected chi connectivity index (χ2v) is 3.71. The highest BCUT2D eigenvalue weighted by Crippen LogP contribution is 2.09. The summed E-state index contributed by atoms with van der Waals surface area (Å²) in [5, 5.41) is 8.39. The van der Waals surface area contributed by atoms with Crippen LogP contribution in [0.4, 0.5) is 0 Å². The molecule has 0 atom stereocenters. The predicted octanol–water partition coefficient (Wildman–Crippen LogP) is -1.12. The first-order valence-electron chi connectivity index (χ1n) is 2.97. The molecule has 0 aromatic carbocycles. The van der Waals surface area contributed by atoms with E-state index in [0.717, 1.165) is 10.9 Å². The Bertz CT molecular complexity index is 406. The van der Waals surface area contributed by atoms with Crippen molar-refractivity contribution in [1.29, 1.82) is 0 Å². The van der Waals surface area contributed by atoms with Gasteiger partial charge < -0.3 is 0 Å². The molecule has 0 aliphatic rings. The van der Waals surface area contributed by atoms with E-state index in [1.165, 1.54) is 7.05 Å². The van der Waals surface area contributed by atoms with Gasteiger partial charge in [0.1, 0.15) is 10.6 Å². The zero-order valence-corrected chi connectivity index (χ0v) is 7.08. The lowest BCUT2D eigenvalue weighted by Gasteiger charge is -1.94. The van der Waals surface area contributed by atoms with Crippen LogP contribution in [0.2, 0.25) is 0 Å². The van der Waals surface area contributed by atoms with E-state index in [1.807, 2.05) is 0 Å². The normalized spacial score (nSPS) is 11.5. The molecular formula is C5H7N3O3S. The first-order chi connectivity index (χ1) is 5.46. The second-order valence-electron chi connectivity index (χ2n) is 2.18. The van der Waals surface area contributed by atoms with Crippen molar-refractivity contribution in [1.82, 2.24) is 9.78 Å². The molecule has 0 fully saturated rings. The number of aryl methyl sites for hydroxylation is 1. The summed E-state index contributed by atoms with van der Waals surface area (Å²) in [5.74, 6) is 0. The number of carbonyl (C=O) groups is 1. The van der Waals surface area contributed by atoms with Gasteiger partial charge in [0.25, 0.3) is 0 Å². The summed E-state index contributed by atoms with van der Waals surface area (Å²) in [4.78, 5) is 10.1. The van der Waals surface area contributed by atoms with Crippen LogP contribution < -0.4 is 5.14 Å². The van der Waals surface area contributed by atoms with E-state index < -0.39 is 10.0 Å². The number of carbonyl (C=O) groups excluding carboxylic acids is 1. The van der Waals surface area contributed by atoms with Gasteiger partial charge in [-0.25, -0.2) is 13.6 Å². The summed E-state index contributed by atoms with van der Waals surface area (Å²) < 4.78 is 22.7. The average Bonchev–Trinajstić information content (AvgIpc) is 2.29. The summed E-state index contributed by atoms with van der Waals surface area (Å²) in [6, 6.07) is 0. The first kappa shape index (κ1) is 8.88. The Morgan fingerprint density at radius 3 is 2.58 bits per heavy atom. The molecule has 12 heavy (non-hydrogen) atoms. The minimum atomic E-state index is -3.84. The van der Waals surface area contributed by atoms with Crippen LogP contribution in [-0.2, 0) is 17.1 Å². The number of rotatable bonds is 2. The van der Waals surface area contributed by atoms with E-state index >= 15 is 0 Å². The highest BCUT2D eigenvalue weighted by Gasteiger charge is 2.17.